The summed E-state index contributed by atoms with van der Waals surface area (Å²) in [5.41, 5.74) is 0.355. The van der Waals surface area contributed by atoms with E-state index in [9.17, 15) is 14.0 Å². The van der Waals surface area contributed by atoms with Crippen LogP contribution in [0.4, 0.5) is 4.39 Å². The molecule has 1 heterocycles. The van der Waals surface area contributed by atoms with Crippen molar-refractivity contribution in [3.8, 4) is 0 Å². The first-order chi connectivity index (χ1) is 8.66. The van der Waals surface area contributed by atoms with Gasteiger partial charge in [-0.05, 0) is 43.5 Å². The highest BCUT2D eigenvalue weighted by Gasteiger charge is 2.22. The molecule has 1 atom stereocenters. The summed E-state index contributed by atoms with van der Waals surface area (Å²) in [5.74, 6) is -0.890. The summed E-state index contributed by atoms with van der Waals surface area (Å²) in [6, 6.07) is 4.76. The number of benzene rings is 1. The molecule has 0 aromatic heterocycles. The molecular weight excluding hydrogens is 235 g/mol. The van der Waals surface area contributed by atoms with E-state index < -0.39 is 11.9 Å². The highest BCUT2D eigenvalue weighted by molar-refractivity contribution is 5.97. The fourth-order valence-electron chi connectivity index (χ4n) is 1.92. The Balaban J connectivity index is 2.01. The number of nitrogens with one attached hydrogen (secondary N) is 2. The van der Waals surface area contributed by atoms with Crippen molar-refractivity contribution in [2.45, 2.75) is 25.3 Å². The zero-order chi connectivity index (χ0) is 13.0. The van der Waals surface area contributed by atoms with Gasteiger partial charge in [-0.15, -0.1) is 0 Å². The van der Waals surface area contributed by atoms with Crippen LogP contribution < -0.4 is 10.6 Å². The molecule has 1 saturated heterocycles. The zero-order valence-corrected chi connectivity index (χ0v) is 9.91. The lowest BCUT2D eigenvalue weighted by Crippen LogP contribution is -2.45. The van der Waals surface area contributed by atoms with E-state index in [0.717, 1.165) is 12.8 Å². The van der Waals surface area contributed by atoms with Crippen molar-refractivity contribution in [2.75, 3.05) is 6.54 Å². The number of rotatable bonds is 2. The van der Waals surface area contributed by atoms with Gasteiger partial charge in [0.2, 0.25) is 5.91 Å². The highest BCUT2D eigenvalue weighted by Crippen LogP contribution is 2.08. The van der Waals surface area contributed by atoms with Crippen molar-refractivity contribution in [2.24, 2.45) is 0 Å². The molecule has 1 aliphatic rings. The smallest absolute Gasteiger partial charge is 0.251 e. The van der Waals surface area contributed by atoms with Crippen molar-refractivity contribution in [1.82, 2.24) is 10.6 Å². The number of hydrogen-bond donors (Lipinski definition) is 2. The number of carbonyl (C=O) groups is 2. The Morgan fingerprint density at radius 1 is 1.28 bits per heavy atom. The summed E-state index contributed by atoms with van der Waals surface area (Å²) in [7, 11) is 0. The van der Waals surface area contributed by atoms with E-state index in [-0.39, 0.29) is 11.8 Å². The summed E-state index contributed by atoms with van der Waals surface area (Å²) in [5, 5.41) is 5.42. The first kappa shape index (κ1) is 12.5. The molecule has 0 spiro atoms. The molecule has 5 heteroatoms. The van der Waals surface area contributed by atoms with Crippen LogP contribution in [0.1, 0.15) is 29.6 Å². The Labute approximate surface area is 105 Å². The third-order valence-electron chi connectivity index (χ3n) is 2.95. The minimum absolute atomic E-state index is 0.150. The Kier molecular flexibility index (Phi) is 3.92. The summed E-state index contributed by atoms with van der Waals surface area (Å²) >= 11 is 0. The highest BCUT2D eigenvalue weighted by atomic mass is 19.1. The van der Waals surface area contributed by atoms with E-state index >= 15 is 0 Å². The van der Waals surface area contributed by atoms with Crippen molar-refractivity contribution in [3.63, 3.8) is 0 Å². The predicted octanol–water partition coefficient (Wildman–Crippen LogP) is 1.22. The summed E-state index contributed by atoms with van der Waals surface area (Å²) in [4.78, 5) is 23.5. The van der Waals surface area contributed by atoms with Crippen molar-refractivity contribution in [1.29, 1.82) is 0 Å². The zero-order valence-electron chi connectivity index (χ0n) is 9.91. The van der Waals surface area contributed by atoms with Crippen LogP contribution in [0.3, 0.4) is 0 Å². The lowest BCUT2D eigenvalue weighted by molar-refractivity contribution is -0.122. The lowest BCUT2D eigenvalue weighted by atomic mass is 10.1. The monoisotopic (exact) mass is 250 g/mol. The second kappa shape index (κ2) is 5.62. The van der Waals surface area contributed by atoms with Gasteiger partial charge in [0, 0.05) is 12.1 Å². The first-order valence-corrected chi connectivity index (χ1v) is 6.01. The van der Waals surface area contributed by atoms with Gasteiger partial charge in [-0.2, -0.15) is 0 Å². The molecule has 1 aromatic rings. The average molecular weight is 250 g/mol. The maximum atomic E-state index is 12.7. The lowest BCUT2D eigenvalue weighted by Gasteiger charge is -2.15. The van der Waals surface area contributed by atoms with Gasteiger partial charge < -0.3 is 10.6 Å². The van der Waals surface area contributed by atoms with E-state index in [1.165, 1.54) is 24.3 Å². The topological polar surface area (TPSA) is 58.2 Å². The standard InChI is InChI=1S/C13H15FN2O2/c14-10-6-4-9(5-7-10)12(17)16-11-3-1-2-8-15-13(11)18/h4-7,11H,1-3,8H2,(H,15,18)(H,16,17)/t11-/m0/s1. The molecule has 0 saturated carbocycles. The van der Waals surface area contributed by atoms with Gasteiger partial charge in [-0.25, -0.2) is 4.39 Å². The SMILES string of the molecule is O=C(N[C@H]1CCCCNC1=O)c1ccc(F)cc1. The van der Waals surface area contributed by atoms with Gasteiger partial charge >= 0.3 is 0 Å². The average Bonchev–Trinajstić information content (AvgIpc) is 2.56. The molecule has 2 N–H and O–H groups in total. The van der Waals surface area contributed by atoms with Gasteiger partial charge in [0.1, 0.15) is 11.9 Å². The molecule has 1 fully saturated rings. The normalized spacial score (nSPS) is 19.8. The van der Waals surface area contributed by atoms with Gasteiger partial charge in [-0.1, -0.05) is 0 Å². The fourth-order valence-corrected chi connectivity index (χ4v) is 1.92. The molecule has 2 amide bonds. The number of carbonyl (C=O) groups excluding carboxylic acids is 2. The predicted molar refractivity (Wildman–Crippen MR) is 64.5 cm³/mol. The molecule has 0 unspecified atom stereocenters. The van der Waals surface area contributed by atoms with E-state index in [1.807, 2.05) is 0 Å². The summed E-state index contributed by atoms with van der Waals surface area (Å²) in [6.45, 7) is 0.655. The molecule has 96 valence electrons. The number of amides is 2. The van der Waals surface area contributed by atoms with Crippen molar-refractivity contribution < 1.29 is 14.0 Å². The molecule has 18 heavy (non-hydrogen) atoms. The summed E-state index contributed by atoms with van der Waals surface area (Å²) in [6.07, 6.45) is 2.46. The molecule has 1 aliphatic heterocycles. The Morgan fingerprint density at radius 3 is 2.72 bits per heavy atom. The number of hydrogen-bond acceptors (Lipinski definition) is 2. The Bertz CT molecular complexity index is 445. The van der Waals surface area contributed by atoms with E-state index in [4.69, 9.17) is 0 Å². The van der Waals surface area contributed by atoms with Crippen LogP contribution in [0, 0.1) is 5.82 Å². The summed E-state index contributed by atoms with van der Waals surface area (Å²) < 4.78 is 12.7. The van der Waals surface area contributed by atoms with Gasteiger partial charge in [0.15, 0.2) is 0 Å². The van der Waals surface area contributed by atoms with Crippen LogP contribution in [-0.2, 0) is 4.79 Å². The second-order valence-corrected chi connectivity index (χ2v) is 4.32. The van der Waals surface area contributed by atoms with Gasteiger partial charge in [0.05, 0.1) is 0 Å². The van der Waals surface area contributed by atoms with Crippen molar-refractivity contribution >= 4 is 11.8 Å². The number of halogens is 1. The van der Waals surface area contributed by atoms with Crippen molar-refractivity contribution in [3.05, 3.63) is 35.6 Å². The molecule has 2 rings (SSSR count). The third kappa shape index (κ3) is 3.06. The molecule has 0 aliphatic carbocycles. The Hall–Kier alpha value is -1.91. The molecule has 1 aromatic carbocycles. The quantitative estimate of drug-likeness (QED) is 0.829. The first-order valence-electron chi connectivity index (χ1n) is 6.01. The Morgan fingerprint density at radius 2 is 2.00 bits per heavy atom. The van der Waals surface area contributed by atoms with Gasteiger partial charge in [0.25, 0.3) is 5.91 Å². The van der Waals surface area contributed by atoms with Crippen LogP contribution in [0.25, 0.3) is 0 Å². The third-order valence-corrected chi connectivity index (χ3v) is 2.95. The van der Waals surface area contributed by atoms with Crippen LogP contribution in [0.2, 0.25) is 0 Å². The molecule has 0 radical (unpaired) electrons. The molecule has 4 nitrogen and oxygen atoms in total. The largest absolute Gasteiger partial charge is 0.354 e. The fraction of sp³-hybridized carbons (Fsp3) is 0.385. The molecular formula is C13H15FN2O2. The van der Waals surface area contributed by atoms with Gasteiger partial charge in [-0.3, -0.25) is 9.59 Å². The van der Waals surface area contributed by atoms with E-state index in [0.29, 0.717) is 18.5 Å². The minimum atomic E-state index is -0.495. The second-order valence-electron chi connectivity index (χ2n) is 4.32. The maximum Gasteiger partial charge on any atom is 0.251 e. The van der Waals surface area contributed by atoms with Crippen LogP contribution in [-0.4, -0.2) is 24.4 Å². The van der Waals surface area contributed by atoms with Crippen LogP contribution in [0.15, 0.2) is 24.3 Å². The maximum absolute atomic E-state index is 12.7. The van der Waals surface area contributed by atoms with Crippen LogP contribution >= 0.6 is 0 Å². The molecule has 0 bridgehead atoms. The van der Waals surface area contributed by atoms with E-state index in [1.54, 1.807) is 0 Å². The van der Waals surface area contributed by atoms with Crippen LogP contribution in [0.5, 0.6) is 0 Å². The minimum Gasteiger partial charge on any atom is -0.354 e. The van der Waals surface area contributed by atoms with E-state index in [2.05, 4.69) is 10.6 Å².